The van der Waals surface area contributed by atoms with Gasteiger partial charge in [0.2, 0.25) is 0 Å². The van der Waals surface area contributed by atoms with Gasteiger partial charge in [-0.05, 0) is 24.6 Å². The van der Waals surface area contributed by atoms with Crippen molar-refractivity contribution in [2.24, 2.45) is 0 Å². The number of ether oxygens (including phenoxy) is 1. The van der Waals surface area contributed by atoms with E-state index < -0.39 is 18.8 Å². The van der Waals surface area contributed by atoms with Gasteiger partial charge in [-0.25, -0.2) is 0 Å². The number of hydrogen-bond acceptors (Lipinski definition) is 3. The number of hydrogen-bond donors (Lipinski definition) is 1. The highest BCUT2D eigenvalue weighted by atomic mass is 19.3. The second-order valence-corrected chi connectivity index (χ2v) is 3.61. The number of halogens is 2. The maximum atomic E-state index is 12.9. The highest BCUT2D eigenvalue weighted by Crippen LogP contribution is 2.29. The lowest BCUT2D eigenvalue weighted by atomic mass is 10.1. The quantitative estimate of drug-likeness (QED) is 0.771. The third-order valence-corrected chi connectivity index (χ3v) is 2.27. The summed E-state index contributed by atoms with van der Waals surface area (Å²) >= 11 is 0. The lowest BCUT2D eigenvalue weighted by molar-refractivity contribution is -0.275. The van der Waals surface area contributed by atoms with Crippen molar-refractivity contribution in [3.63, 3.8) is 0 Å². The summed E-state index contributed by atoms with van der Waals surface area (Å²) in [4.78, 5) is 4.01. The molecule has 0 aliphatic carbocycles. The van der Waals surface area contributed by atoms with E-state index in [0.29, 0.717) is 6.54 Å². The lowest BCUT2D eigenvalue weighted by Crippen LogP contribution is -2.45. The Kier molecular flexibility index (Phi) is 2.67. The summed E-state index contributed by atoms with van der Waals surface area (Å²) in [7, 11) is 0. The molecule has 3 nitrogen and oxygen atoms in total. The molecular formula is C10H12F2N2O. The molecule has 1 aliphatic heterocycles. The molecule has 2 rings (SSSR count). The van der Waals surface area contributed by atoms with Crippen LogP contribution in [-0.4, -0.2) is 24.2 Å². The summed E-state index contributed by atoms with van der Waals surface area (Å²) in [6, 6.07) is 3.45. The van der Waals surface area contributed by atoms with Gasteiger partial charge in [0.1, 0.15) is 6.10 Å². The molecule has 1 atom stereocenters. The fraction of sp³-hybridized carbons (Fsp3) is 0.500. The number of alkyl halides is 2. The average molecular weight is 214 g/mol. The van der Waals surface area contributed by atoms with Gasteiger partial charge in [0, 0.05) is 18.4 Å². The number of aromatic nitrogens is 1. The molecule has 15 heavy (non-hydrogen) atoms. The Hall–Kier alpha value is -1.07. The first-order valence-corrected chi connectivity index (χ1v) is 4.76. The molecule has 0 unspecified atom stereocenters. The first-order chi connectivity index (χ1) is 7.07. The Bertz CT molecular complexity index is 357. The van der Waals surface area contributed by atoms with Crippen molar-refractivity contribution in [1.82, 2.24) is 10.3 Å². The predicted molar refractivity (Wildman–Crippen MR) is 50.6 cm³/mol. The van der Waals surface area contributed by atoms with Crippen LogP contribution in [0.15, 0.2) is 18.3 Å². The van der Waals surface area contributed by atoms with Crippen LogP contribution in [-0.2, 0) is 4.74 Å². The van der Waals surface area contributed by atoms with Crippen LogP contribution in [0.4, 0.5) is 8.78 Å². The zero-order valence-corrected chi connectivity index (χ0v) is 8.34. The van der Waals surface area contributed by atoms with E-state index in [-0.39, 0.29) is 0 Å². The number of nitrogens with zero attached hydrogens (tertiary/aromatic N) is 1. The van der Waals surface area contributed by atoms with E-state index in [1.807, 2.05) is 6.92 Å². The minimum Gasteiger partial charge on any atom is -0.310 e. The van der Waals surface area contributed by atoms with Crippen LogP contribution < -0.4 is 5.32 Å². The van der Waals surface area contributed by atoms with E-state index in [1.54, 1.807) is 18.3 Å². The van der Waals surface area contributed by atoms with Gasteiger partial charge in [-0.15, -0.1) is 0 Å². The monoisotopic (exact) mass is 214 g/mol. The van der Waals surface area contributed by atoms with E-state index in [9.17, 15) is 8.78 Å². The predicted octanol–water partition coefficient (Wildman–Crippen LogP) is 1.64. The molecule has 2 heterocycles. The zero-order valence-electron chi connectivity index (χ0n) is 8.34. The molecule has 1 aromatic rings. The normalized spacial score (nSPS) is 25.1. The molecule has 0 bridgehead atoms. The molecule has 0 saturated carbocycles. The summed E-state index contributed by atoms with van der Waals surface area (Å²) in [5, 5.41) is 2.65. The number of rotatable bonds is 1. The second-order valence-electron chi connectivity index (χ2n) is 3.61. The molecule has 0 aromatic carbocycles. The third kappa shape index (κ3) is 2.49. The fourth-order valence-electron chi connectivity index (χ4n) is 1.59. The Balaban J connectivity index is 2.17. The molecule has 0 radical (unpaired) electrons. The highest BCUT2D eigenvalue weighted by Gasteiger charge is 2.37. The van der Waals surface area contributed by atoms with Crippen LogP contribution in [0.3, 0.4) is 0 Å². The van der Waals surface area contributed by atoms with E-state index in [0.717, 1.165) is 11.3 Å². The van der Waals surface area contributed by atoms with Crippen LogP contribution in [0, 0.1) is 6.92 Å². The molecule has 0 spiro atoms. The van der Waals surface area contributed by atoms with Gasteiger partial charge in [0.15, 0.2) is 0 Å². The van der Waals surface area contributed by atoms with Gasteiger partial charge in [0.05, 0.1) is 6.54 Å². The molecule has 82 valence electrons. The Morgan fingerprint density at radius 1 is 1.60 bits per heavy atom. The summed E-state index contributed by atoms with van der Waals surface area (Å²) in [5.41, 5.74) is 1.53. The second kappa shape index (κ2) is 3.83. The van der Waals surface area contributed by atoms with Gasteiger partial charge < -0.3 is 10.1 Å². The van der Waals surface area contributed by atoms with Gasteiger partial charge >= 0.3 is 6.11 Å². The minimum absolute atomic E-state index is 0.402. The van der Waals surface area contributed by atoms with Crippen LogP contribution in [0.25, 0.3) is 0 Å². The first-order valence-electron chi connectivity index (χ1n) is 4.76. The number of morpholine rings is 1. The molecular weight excluding hydrogens is 202 g/mol. The molecule has 1 aliphatic rings. The summed E-state index contributed by atoms with van der Waals surface area (Å²) in [6.45, 7) is 1.80. The van der Waals surface area contributed by atoms with Crippen LogP contribution in [0.2, 0.25) is 0 Å². The summed E-state index contributed by atoms with van der Waals surface area (Å²) in [6.07, 6.45) is -2.09. The summed E-state index contributed by atoms with van der Waals surface area (Å²) in [5.74, 6) is 0. The van der Waals surface area contributed by atoms with Crippen LogP contribution in [0.1, 0.15) is 17.4 Å². The SMILES string of the molecule is Cc1cc([C@@H]2CNCC(F)(F)O2)ccn1. The molecule has 5 heteroatoms. The van der Waals surface area contributed by atoms with E-state index >= 15 is 0 Å². The van der Waals surface area contributed by atoms with Crippen LogP contribution >= 0.6 is 0 Å². The molecule has 1 saturated heterocycles. The van der Waals surface area contributed by atoms with Gasteiger partial charge in [-0.1, -0.05) is 0 Å². The maximum Gasteiger partial charge on any atom is 0.368 e. The van der Waals surface area contributed by atoms with Crippen molar-refractivity contribution < 1.29 is 13.5 Å². The van der Waals surface area contributed by atoms with Crippen molar-refractivity contribution in [3.05, 3.63) is 29.6 Å². The molecule has 1 N–H and O–H groups in total. The van der Waals surface area contributed by atoms with Crippen molar-refractivity contribution in [3.8, 4) is 0 Å². The molecule has 1 aromatic heterocycles. The number of nitrogens with one attached hydrogen (secondary N) is 1. The standard InChI is InChI=1S/C10H12F2N2O/c1-7-4-8(2-3-14-7)9-5-13-6-10(11,12)15-9/h2-4,9,13H,5-6H2,1H3/t9-/m0/s1. The van der Waals surface area contributed by atoms with Gasteiger partial charge in [-0.3, -0.25) is 4.98 Å². The highest BCUT2D eigenvalue weighted by molar-refractivity contribution is 5.19. The zero-order chi connectivity index (χ0) is 10.9. The Labute approximate surface area is 86.5 Å². The smallest absolute Gasteiger partial charge is 0.310 e. The van der Waals surface area contributed by atoms with E-state index in [4.69, 9.17) is 4.74 Å². The van der Waals surface area contributed by atoms with Crippen molar-refractivity contribution >= 4 is 0 Å². The minimum atomic E-state index is -3.08. The number of pyridine rings is 1. The average Bonchev–Trinajstić information content (AvgIpc) is 2.16. The fourth-order valence-corrected chi connectivity index (χ4v) is 1.59. The summed E-state index contributed by atoms with van der Waals surface area (Å²) < 4.78 is 30.6. The third-order valence-electron chi connectivity index (χ3n) is 2.27. The van der Waals surface area contributed by atoms with Crippen molar-refractivity contribution in [1.29, 1.82) is 0 Å². The molecule has 1 fully saturated rings. The van der Waals surface area contributed by atoms with E-state index in [2.05, 4.69) is 10.3 Å². The molecule has 0 amide bonds. The van der Waals surface area contributed by atoms with Crippen LogP contribution in [0.5, 0.6) is 0 Å². The number of aryl methyl sites for hydroxylation is 1. The lowest BCUT2D eigenvalue weighted by Gasteiger charge is -2.30. The Morgan fingerprint density at radius 2 is 2.40 bits per heavy atom. The van der Waals surface area contributed by atoms with Gasteiger partial charge in [0.25, 0.3) is 0 Å². The first kappa shape index (κ1) is 10.4. The Morgan fingerprint density at radius 3 is 3.07 bits per heavy atom. The maximum absolute atomic E-state index is 12.9. The topological polar surface area (TPSA) is 34.1 Å². The van der Waals surface area contributed by atoms with Crippen molar-refractivity contribution in [2.75, 3.05) is 13.1 Å². The van der Waals surface area contributed by atoms with E-state index in [1.165, 1.54) is 0 Å². The van der Waals surface area contributed by atoms with Crippen molar-refractivity contribution in [2.45, 2.75) is 19.1 Å². The largest absolute Gasteiger partial charge is 0.368 e. The van der Waals surface area contributed by atoms with Gasteiger partial charge in [-0.2, -0.15) is 8.78 Å².